The largest absolute Gasteiger partial charge is 0.497 e. The second kappa shape index (κ2) is 6.64. The number of methoxy groups -OCH3 is 1. The van der Waals surface area contributed by atoms with E-state index in [2.05, 4.69) is 31.9 Å². The highest BCUT2D eigenvalue weighted by atomic mass is 79.9. The van der Waals surface area contributed by atoms with Gasteiger partial charge in [-0.15, -0.1) is 0 Å². The molecule has 0 aliphatic carbocycles. The lowest BCUT2D eigenvalue weighted by Gasteiger charge is -2.12. The molecule has 0 atom stereocenters. The summed E-state index contributed by atoms with van der Waals surface area (Å²) in [7, 11) is 1.63. The van der Waals surface area contributed by atoms with Crippen LogP contribution in [-0.2, 0) is 5.33 Å². The molecule has 0 saturated carbocycles. The molecule has 2 nitrogen and oxygen atoms in total. The van der Waals surface area contributed by atoms with Crippen molar-refractivity contribution in [2.24, 2.45) is 0 Å². The number of hydrogen-bond acceptors (Lipinski definition) is 2. The second-order valence-electron chi connectivity index (χ2n) is 3.75. The van der Waals surface area contributed by atoms with E-state index < -0.39 is 0 Å². The van der Waals surface area contributed by atoms with E-state index in [1.54, 1.807) is 7.11 Å². The summed E-state index contributed by atoms with van der Waals surface area (Å²) in [5.41, 5.74) is 0.923. The van der Waals surface area contributed by atoms with Gasteiger partial charge in [0.15, 0.2) is 0 Å². The molecule has 0 aromatic heterocycles. The minimum absolute atomic E-state index is 0.635. The molecule has 0 aliphatic heterocycles. The Morgan fingerprint density at radius 2 is 1.95 bits per heavy atom. The van der Waals surface area contributed by atoms with Crippen LogP contribution < -0.4 is 9.47 Å². The van der Waals surface area contributed by atoms with E-state index in [0.29, 0.717) is 16.1 Å². The van der Waals surface area contributed by atoms with Gasteiger partial charge in [-0.25, -0.2) is 0 Å². The maximum Gasteiger partial charge on any atom is 0.141 e. The first-order chi connectivity index (χ1) is 9.15. The standard InChI is InChI=1S/C14H11Br2ClO2/c1-18-9-5-6-14(11(16)7-9)19-13-4-2-3-12(17)10(13)8-15/h2-7H,8H2,1H3. The van der Waals surface area contributed by atoms with Gasteiger partial charge in [0.1, 0.15) is 17.2 Å². The predicted molar refractivity (Wildman–Crippen MR) is 84.9 cm³/mol. The van der Waals surface area contributed by atoms with Crippen LogP contribution in [0.2, 0.25) is 5.02 Å². The van der Waals surface area contributed by atoms with E-state index in [1.807, 2.05) is 36.4 Å². The van der Waals surface area contributed by atoms with Crippen molar-refractivity contribution in [2.75, 3.05) is 7.11 Å². The molecule has 2 rings (SSSR count). The number of benzene rings is 2. The number of alkyl halides is 1. The van der Waals surface area contributed by atoms with Crippen molar-refractivity contribution < 1.29 is 9.47 Å². The van der Waals surface area contributed by atoms with Gasteiger partial charge in [0.05, 0.1) is 11.6 Å². The average Bonchev–Trinajstić information content (AvgIpc) is 2.41. The summed E-state index contributed by atoms with van der Waals surface area (Å²) in [5, 5.41) is 1.31. The summed E-state index contributed by atoms with van der Waals surface area (Å²) in [6.45, 7) is 0. The lowest BCUT2D eigenvalue weighted by Crippen LogP contribution is -1.92. The highest BCUT2D eigenvalue weighted by Gasteiger charge is 2.10. The lowest BCUT2D eigenvalue weighted by molar-refractivity contribution is 0.412. The van der Waals surface area contributed by atoms with Crippen molar-refractivity contribution in [1.29, 1.82) is 0 Å². The Morgan fingerprint density at radius 3 is 2.58 bits per heavy atom. The molecule has 2 aromatic carbocycles. The van der Waals surface area contributed by atoms with Crippen LogP contribution in [0, 0.1) is 0 Å². The SMILES string of the molecule is COc1ccc(Oc2cccc(Cl)c2CBr)c(Br)c1. The van der Waals surface area contributed by atoms with Crippen LogP contribution in [0.4, 0.5) is 0 Å². The van der Waals surface area contributed by atoms with Crippen molar-refractivity contribution in [1.82, 2.24) is 0 Å². The van der Waals surface area contributed by atoms with Crippen LogP contribution in [0.15, 0.2) is 40.9 Å². The maximum absolute atomic E-state index is 6.14. The molecule has 0 amide bonds. The molecule has 0 aliphatic rings. The first kappa shape index (κ1) is 14.7. The average molecular weight is 407 g/mol. The van der Waals surface area contributed by atoms with E-state index in [9.17, 15) is 0 Å². The third-order valence-corrected chi connectivity index (χ3v) is 4.10. The number of rotatable bonds is 4. The molecule has 0 spiro atoms. The van der Waals surface area contributed by atoms with Crippen LogP contribution in [-0.4, -0.2) is 7.11 Å². The fourth-order valence-electron chi connectivity index (χ4n) is 1.57. The third-order valence-electron chi connectivity index (χ3n) is 2.57. The first-order valence-electron chi connectivity index (χ1n) is 5.50. The Bertz CT molecular complexity index is 588. The topological polar surface area (TPSA) is 18.5 Å². The van der Waals surface area contributed by atoms with Crippen LogP contribution in [0.3, 0.4) is 0 Å². The zero-order valence-electron chi connectivity index (χ0n) is 10.1. The molecule has 0 fully saturated rings. The van der Waals surface area contributed by atoms with Crippen LogP contribution in [0.1, 0.15) is 5.56 Å². The number of halogens is 3. The monoisotopic (exact) mass is 404 g/mol. The van der Waals surface area contributed by atoms with Gasteiger partial charge >= 0.3 is 0 Å². The molecular formula is C14H11Br2ClO2. The Labute approximate surface area is 133 Å². The molecule has 2 aromatic rings. The van der Waals surface area contributed by atoms with Gasteiger partial charge in [-0.05, 0) is 46.3 Å². The molecule has 0 saturated heterocycles. The van der Waals surface area contributed by atoms with Gasteiger partial charge in [0.25, 0.3) is 0 Å². The van der Waals surface area contributed by atoms with Gasteiger partial charge in [-0.1, -0.05) is 33.6 Å². The summed E-state index contributed by atoms with van der Waals surface area (Å²) in [6, 6.07) is 11.1. The lowest BCUT2D eigenvalue weighted by atomic mass is 10.2. The molecule has 0 radical (unpaired) electrons. The second-order valence-corrected chi connectivity index (χ2v) is 5.57. The molecule has 5 heteroatoms. The van der Waals surface area contributed by atoms with Crippen molar-refractivity contribution >= 4 is 43.5 Å². The van der Waals surface area contributed by atoms with E-state index >= 15 is 0 Å². The first-order valence-corrected chi connectivity index (χ1v) is 7.79. The Balaban J connectivity index is 2.34. The highest BCUT2D eigenvalue weighted by molar-refractivity contribution is 9.10. The Morgan fingerprint density at radius 1 is 1.16 bits per heavy atom. The number of ether oxygens (including phenoxy) is 2. The van der Waals surface area contributed by atoms with E-state index in [-0.39, 0.29) is 0 Å². The molecule has 0 N–H and O–H groups in total. The molecule has 100 valence electrons. The molecule has 19 heavy (non-hydrogen) atoms. The summed E-state index contributed by atoms with van der Waals surface area (Å²) in [6.07, 6.45) is 0. The van der Waals surface area contributed by atoms with Crippen molar-refractivity contribution in [3.05, 3.63) is 51.5 Å². The predicted octanol–water partition coefficient (Wildman–Crippen LogP) is 5.80. The molecule has 0 bridgehead atoms. The van der Waals surface area contributed by atoms with Crippen LogP contribution in [0.25, 0.3) is 0 Å². The summed E-state index contributed by atoms with van der Waals surface area (Å²) < 4.78 is 11.9. The van der Waals surface area contributed by atoms with Crippen molar-refractivity contribution in [3.63, 3.8) is 0 Å². The highest BCUT2D eigenvalue weighted by Crippen LogP contribution is 2.36. The van der Waals surface area contributed by atoms with E-state index in [4.69, 9.17) is 21.1 Å². The zero-order valence-corrected chi connectivity index (χ0v) is 14.0. The Kier molecular flexibility index (Phi) is 5.13. The molecule has 0 heterocycles. The van der Waals surface area contributed by atoms with Crippen LogP contribution in [0.5, 0.6) is 17.2 Å². The third kappa shape index (κ3) is 3.44. The zero-order chi connectivity index (χ0) is 13.8. The summed E-state index contributed by atoms with van der Waals surface area (Å²) >= 11 is 13.0. The Hall–Kier alpha value is -0.710. The summed E-state index contributed by atoms with van der Waals surface area (Å²) in [4.78, 5) is 0. The van der Waals surface area contributed by atoms with Gasteiger partial charge in [0.2, 0.25) is 0 Å². The number of hydrogen-bond donors (Lipinski definition) is 0. The van der Waals surface area contributed by atoms with E-state index in [0.717, 1.165) is 21.5 Å². The van der Waals surface area contributed by atoms with E-state index in [1.165, 1.54) is 0 Å². The smallest absolute Gasteiger partial charge is 0.141 e. The normalized spacial score (nSPS) is 10.3. The maximum atomic E-state index is 6.14. The fraction of sp³-hybridized carbons (Fsp3) is 0.143. The minimum atomic E-state index is 0.635. The quantitative estimate of drug-likeness (QED) is 0.598. The van der Waals surface area contributed by atoms with Gasteiger partial charge in [0, 0.05) is 15.9 Å². The molecular weight excluding hydrogens is 395 g/mol. The van der Waals surface area contributed by atoms with Gasteiger partial charge < -0.3 is 9.47 Å². The van der Waals surface area contributed by atoms with Gasteiger partial charge in [-0.3, -0.25) is 0 Å². The van der Waals surface area contributed by atoms with Crippen LogP contribution >= 0.6 is 43.5 Å². The fourth-order valence-corrected chi connectivity index (χ4v) is 2.99. The summed E-state index contributed by atoms with van der Waals surface area (Å²) in [5.74, 6) is 2.21. The molecule has 0 unspecified atom stereocenters. The van der Waals surface area contributed by atoms with Crippen molar-refractivity contribution in [3.8, 4) is 17.2 Å². The van der Waals surface area contributed by atoms with Gasteiger partial charge in [-0.2, -0.15) is 0 Å². The van der Waals surface area contributed by atoms with Crippen molar-refractivity contribution in [2.45, 2.75) is 5.33 Å². The minimum Gasteiger partial charge on any atom is -0.497 e.